The van der Waals surface area contributed by atoms with Crippen LogP contribution in [0.3, 0.4) is 0 Å². The van der Waals surface area contributed by atoms with Crippen molar-refractivity contribution in [1.29, 1.82) is 0 Å². The molecule has 1 N–H and O–H groups in total. The van der Waals surface area contributed by atoms with Crippen molar-refractivity contribution in [2.45, 2.75) is 76.0 Å². The highest BCUT2D eigenvalue weighted by molar-refractivity contribution is 9.10. The molecule has 0 radical (unpaired) electrons. The smallest absolute Gasteiger partial charge is 0.229 e. The van der Waals surface area contributed by atoms with Crippen molar-refractivity contribution in [1.82, 2.24) is 4.90 Å². The number of aliphatic hydroxyl groups is 1. The molecule has 4 rings (SSSR count). The van der Waals surface area contributed by atoms with Crippen LogP contribution in [0.15, 0.2) is 28.7 Å². The molecule has 3 fully saturated rings. The third kappa shape index (κ3) is 3.65. The summed E-state index contributed by atoms with van der Waals surface area (Å²) in [5.41, 5.74) is -0.143. The Morgan fingerprint density at radius 3 is 2.31 bits per heavy atom. The summed E-state index contributed by atoms with van der Waals surface area (Å²) in [5.74, 6) is 1.29. The molecular weight excluding hydrogens is 394 g/mol. The summed E-state index contributed by atoms with van der Waals surface area (Å²) in [6.45, 7) is 0.901. The first-order chi connectivity index (χ1) is 12.6. The zero-order valence-electron chi connectivity index (χ0n) is 15.2. The van der Waals surface area contributed by atoms with E-state index in [0.717, 1.165) is 74.6 Å². The molecule has 1 aromatic carbocycles. The second-order valence-corrected chi connectivity index (χ2v) is 9.18. The summed E-state index contributed by atoms with van der Waals surface area (Å²) in [7, 11) is 0. The number of benzene rings is 1. The maximum atomic E-state index is 13.2. The third-order valence-electron chi connectivity index (χ3n) is 6.66. The number of hydrogen-bond donors (Lipinski definition) is 1. The largest absolute Gasteiger partial charge is 0.490 e. The number of hydrogen-bond acceptors (Lipinski definition) is 3. The highest BCUT2D eigenvalue weighted by atomic mass is 79.9. The Kier molecular flexibility index (Phi) is 5.29. The molecule has 4 nitrogen and oxygen atoms in total. The van der Waals surface area contributed by atoms with Crippen LogP contribution in [-0.4, -0.2) is 40.7 Å². The molecule has 0 unspecified atom stereocenters. The maximum Gasteiger partial charge on any atom is 0.229 e. The fourth-order valence-corrected chi connectivity index (χ4v) is 5.26. The molecule has 0 atom stereocenters. The fraction of sp³-hybridized carbons (Fsp3) is 0.667. The standard InChI is InChI=1S/C21H28BrNO3/c22-15-1-7-18(8-2-15)26-19-9-11-21(12-10-19)13-14-23(20(21)25)16-3-5-17(24)6-4-16/h1-2,7-8,16-17,19,24H,3-6,9-14H2/t16?,17?,19-,21-. The van der Waals surface area contributed by atoms with E-state index in [-0.39, 0.29) is 17.6 Å². The van der Waals surface area contributed by atoms with Crippen LogP contribution in [0.2, 0.25) is 0 Å². The van der Waals surface area contributed by atoms with Crippen LogP contribution in [-0.2, 0) is 4.79 Å². The first-order valence-corrected chi connectivity index (χ1v) is 10.8. The van der Waals surface area contributed by atoms with Gasteiger partial charge in [-0.2, -0.15) is 0 Å². The predicted octanol–water partition coefficient (Wildman–Crippen LogP) is 4.29. The Morgan fingerprint density at radius 2 is 1.65 bits per heavy atom. The molecule has 1 saturated heterocycles. The van der Waals surface area contributed by atoms with Crippen LogP contribution in [0.1, 0.15) is 57.8 Å². The Labute approximate surface area is 164 Å². The maximum absolute atomic E-state index is 13.2. The van der Waals surface area contributed by atoms with Gasteiger partial charge in [-0.3, -0.25) is 4.79 Å². The van der Waals surface area contributed by atoms with Crippen LogP contribution in [0.25, 0.3) is 0 Å². The Bertz CT molecular complexity index is 631. The molecule has 0 bridgehead atoms. The lowest BCUT2D eigenvalue weighted by Gasteiger charge is -2.38. The summed E-state index contributed by atoms with van der Waals surface area (Å²) in [6, 6.07) is 8.34. The summed E-state index contributed by atoms with van der Waals surface area (Å²) in [5, 5.41) is 9.72. The van der Waals surface area contributed by atoms with Crippen molar-refractivity contribution in [3.63, 3.8) is 0 Å². The number of ether oxygens (including phenoxy) is 1. The molecule has 1 spiro atoms. The molecule has 3 aliphatic rings. The lowest BCUT2D eigenvalue weighted by molar-refractivity contribution is -0.141. The number of amides is 1. The molecular formula is C21H28BrNO3. The van der Waals surface area contributed by atoms with Gasteiger partial charge in [-0.25, -0.2) is 0 Å². The second-order valence-electron chi connectivity index (χ2n) is 8.26. The number of halogens is 1. The summed E-state index contributed by atoms with van der Waals surface area (Å²) in [4.78, 5) is 15.3. The van der Waals surface area contributed by atoms with Gasteiger partial charge in [0.1, 0.15) is 5.75 Å². The molecule has 1 aliphatic heterocycles. The van der Waals surface area contributed by atoms with E-state index in [1.165, 1.54) is 0 Å². The van der Waals surface area contributed by atoms with Crippen molar-refractivity contribution in [2.24, 2.45) is 5.41 Å². The number of aliphatic hydroxyl groups excluding tert-OH is 1. The minimum atomic E-state index is -0.163. The highest BCUT2D eigenvalue weighted by Crippen LogP contribution is 2.47. The Balaban J connectivity index is 1.33. The van der Waals surface area contributed by atoms with Crippen molar-refractivity contribution in [3.8, 4) is 5.75 Å². The van der Waals surface area contributed by atoms with Crippen LogP contribution >= 0.6 is 15.9 Å². The van der Waals surface area contributed by atoms with Gasteiger partial charge in [-0.1, -0.05) is 15.9 Å². The Morgan fingerprint density at radius 1 is 1.00 bits per heavy atom. The molecule has 1 heterocycles. The van der Waals surface area contributed by atoms with Gasteiger partial charge < -0.3 is 14.7 Å². The van der Waals surface area contributed by atoms with E-state index < -0.39 is 0 Å². The molecule has 5 heteroatoms. The van der Waals surface area contributed by atoms with Crippen LogP contribution in [0.5, 0.6) is 5.75 Å². The van der Waals surface area contributed by atoms with Gasteiger partial charge in [0.05, 0.1) is 17.6 Å². The molecule has 142 valence electrons. The molecule has 0 aromatic heterocycles. The molecule has 2 saturated carbocycles. The minimum Gasteiger partial charge on any atom is -0.490 e. The SMILES string of the molecule is O=C1N(C2CCC(O)CC2)CC[C@]12CC[C@@H](Oc1ccc(Br)cc1)CC2. The average molecular weight is 422 g/mol. The fourth-order valence-electron chi connectivity index (χ4n) is 5.00. The zero-order valence-corrected chi connectivity index (χ0v) is 16.8. The third-order valence-corrected chi connectivity index (χ3v) is 7.19. The molecule has 1 amide bonds. The predicted molar refractivity (Wildman–Crippen MR) is 104 cm³/mol. The van der Waals surface area contributed by atoms with E-state index in [4.69, 9.17) is 4.74 Å². The quantitative estimate of drug-likeness (QED) is 0.791. The number of nitrogens with zero attached hydrogens (tertiary/aromatic N) is 1. The minimum absolute atomic E-state index is 0.143. The zero-order chi connectivity index (χ0) is 18.1. The normalized spacial score (nSPS) is 35.1. The van der Waals surface area contributed by atoms with E-state index >= 15 is 0 Å². The monoisotopic (exact) mass is 421 g/mol. The van der Waals surface area contributed by atoms with E-state index in [1.54, 1.807) is 0 Å². The lowest BCUT2D eigenvalue weighted by atomic mass is 9.72. The van der Waals surface area contributed by atoms with Crippen molar-refractivity contribution in [2.75, 3.05) is 6.54 Å². The van der Waals surface area contributed by atoms with Crippen LogP contribution < -0.4 is 4.74 Å². The van der Waals surface area contributed by atoms with Gasteiger partial charge in [0.2, 0.25) is 5.91 Å². The van der Waals surface area contributed by atoms with Crippen LogP contribution in [0, 0.1) is 5.41 Å². The molecule has 26 heavy (non-hydrogen) atoms. The second kappa shape index (κ2) is 7.51. The van der Waals surface area contributed by atoms with Gasteiger partial charge in [0, 0.05) is 17.1 Å². The van der Waals surface area contributed by atoms with E-state index in [0.29, 0.717) is 11.9 Å². The van der Waals surface area contributed by atoms with E-state index in [2.05, 4.69) is 20.8 Å². The number of rotatable bonds is 3. The highest BCUT2D eigenvalue weighted by Gasteiger charge is 2.50. The average Bonchev–Trinajstić information content (AvgIpc) is 2.96. The van der Waals surface area contributed by atoms with E-state index in [9.17, 15) is 9.90 Å². The van der Waals surface area contributed by atoms with Gasteiger partial charge in [0.25, 0.3) is 0 Å². The molecule has 2 aliphatic carbocycles. The van der Waals surface area contributed by atoms with Gasteiger partial charge in [0.15, 0.2) is 0 Å². The first-order valence-electron chi connectivity index (χ1n) is 9.97. The van der Waals surface area contributed by atoms with Crippen LogP contribution in [0.4, 0.5) is 0 Å². The summed E-state index contributed by atoms with van der Waals surface area (Å²) in [6.07, 6.45) is 8.44. The van der Waals surface area contributed by atoms with Crippen molar-refractivity contribution >= 4 is 21.8 Å². The first kappa shape index (κ1) is 18.3. The van der Waals surface area contributed by atoms with Gasteiger partial charge in [-0.05, 0) is 82.1 Å². The number of likely N-dealkylation sites (tertiary alicyclic amines) is 1. The summed E-state index contributed by atoms with van der Waals surface area (Å²) >= 11 is 3.45. The number of carbonyl (C=O) groups excluding carboxylic acids is 1. The van der Waals surface area contributed by atoms with E-state index in [1.807, 2.05) is 24.3 Å². The molecule has 1 aromatic rings. The number of carbonyl (C=O) groups is 1. The Hall–Kier alpha value is -1.07. The van der Waals surface area contributed by atoms with Gasteiger partial charge >= 0.3 is 0 Å². The summed E-state index contributed by atoms with van der Waals surface area (Å²) < 4.78 is 7.18. The van der Waals surface area contributed by atoms with Gasteiger partial charge in [-0.15, -0.1) is 0 Å². The lowest BCUT2D eigenvalue weighted by Crippen LogP contribution is -2.45. The van der Waals surface area contributed by atoms with Crippen molar-refractivity contribution in [3.05, 3.63) is 28.7 Å². The topological polar surface area (TPSA) is 49.8 Å². The van der Waals surface area contributed by atoms with Crippen molar-refractivity contribution < 1.29 is 14.6 Å².